The summed E-state index contributed by atoms with van der Waals surface area (Å²) in [6, 6.07) is 15.8. The van der Waals surface area contributed by atoms with Gasteiger partial charge in [-0.1, -0.05) is 48.5 Å². The molecular formula is C17H17ClFNO. The Kier molecular flexibility index (Phi) is 4.97. The lowest BCUT2D eigenvalue weighted by atomic mass is 9.93. The van der Waals surface area contributed by atoms with Gasteiger partial charge in [0.25, 0.3) is 0 Å². The first kappa shape index (κ1) is 15.5. The molecule has 0 saturated carbocycles. The van der Waals surface area contributed by atoms with Crippen molar-refractivity contribution in [2.45, 2.75) is 18.9 Å². The Morgan fingerprint density at radius 3 is 2.38 bits per heavy atom. The fraction of sp³-hybridized carbons (Fsp3) is 0.235. The van der Waals surface area contributed by atoms with Gasteiger partial charge in [0.2, 0.25) is 5.91 Å². The van der Waals surface area contributed by atoms with Gasteiger partial charge in [-0.3, -0.25) is 4.79 Å². The highest BCUT2D eigenvalue weighted by molar-refractivity contribution is 6.18. The molecule has 2 aromatic carbocycles. The minimum atomic E-state index is -0.675. The second-order valence-electron chi connectivity index (χ2n) is 5.15. The first-order valence-electron chi connectivity index (χ1n) is 6.71. The molecule has 1 unspecified atom stereocenters. The Bertz CT molecular complexity index is 617. The minimum absolute atomic E-state index is 0.00795. The molecule has 0 spiro atoms. The number of rotatable bonds is 5. The van der Waals surface area contributed by atoms with Crippen LogP contribution in [-0.4, -0.2) is 11.8 Å². The molecule has 2 rings (SSSR count). The van der Waals surface area contributed by atoms with Crippen molar-refractivity contribution in [2.24, 2.45) is 0 Å². The first-order valence-corrected chi connectivity index (χ1v) is 7.24. The zero-order valence-corrected chi connectivity index (χ0v) is 12.5. The predicted octanol–water partition coefficient (Wildman–Crippen LogP) is 3.64. The average Bonchev–Trinajstić information content (AvgIpc) is 2.50. The van der Waals surface area contributed by atoms with Gasteiger partial charge in [-0.15, -0.1) is 11.6 Å². The molecular weight excluding hydrogens is 289 g/mol. The Morgan fingerprint density at radius 1 is 1.14 bits per heavy atom. The largest absolute Gasteiger partial charge is 0.345 e. The van der Waals surface area contributed by atoms with E-state index in [-0.39, 0.29) is 24.0 Å². The highest BCUT2D eigenvalue weighted by Crippen LogP contribution is 2.22. The normalized spacial score (nSPS) is 13.5. The number of nitrogens with one attached hydrogen (secondary N) is 1. The standard InChI is InChI=1S/C17H17ClFNO/c1-17(12-18,14-8-3-2-4-9-14)20-16(21)11-13-7-5-6-10-15(13)19/h2-10H,11-12H2,1H3,(H,20,21). The molecule has 0 saturated heterocycles. The number of hydrogen-bond acceptors (Lipinski definition) is 1. The van der Waals surface area contributed by atoms with Crippen molar-refractivity contribution in [1.29, 1.82) is 0 Å². The Hall–Kier alpha value is -1.87. The Balaban J connectivity index is 2.12. The fourth-order valence-electron chi connectivity index (χ4n) is 2.16. The molecule has 0 aromatic heterocycles. The molecule has 2 aromatic rings. The van der Waals surface area contributed by atoms with E-state index in [0.717, 1.165) is 5.56 Å². The molecule has 0 radical (unpaired) electrons. The lowest BCUT2D eigenvalue weighted by Crippen LogP contribution is -2.45. The van der Waals surface area contributed by atoms with Crippen LogP contribution in [0.1, 0.15) is 18.1 Å². The van der Waals surface area contributed by atoms with Crippen LogP contribution >= 0.6 is 11.6 Å². The third-order valence-electron chi connectivity index (χ3n) is 3.40. The van der Waals surface area contributed by atoms with E-state index >= 15 is 0 Å². The number of halogens is 2. The van der Waals surface area contributed by atoms with E-state index in [4.69, 9.17) is 11.6 Å². The lowest BCUT2D eigenvalue weighted by molar-refractivity contribution is -0.122. The summed E-state index contributed by atoms with van der Waals surface area (Å²) in [5.41, 5.74) is 0.618. The van der Waals surface area contributed by atoms with Gasteiger partial charge in [-0.05, 0) is 24.1 Å². The number of hydrogen-bond donors (Lipinski definition) is 1. The van der Waals surface area contributed by atoms with Gasteiger partial charge in [-0.2, -0.15) is 0 Å². The summed E-state index contributed by atoms with van der Waals surface area (Å²) in [6.45, 7) is 1.86. The van der Waals surface area contributed by atoms with Crippen LogP contribution in [0.2, 0.25) is 0 Å². The number of carbonyl (C=O) groups is 1. The monoisotopic (exact) mass is 305 g/mol. The van der Waals surface area contributed by atoms with Crippen molar-refractivity contribution in [1.82, 2.24) is 5.32 Å². The topological polar surface area (TPSA) is 29.1 Å². The van der Waals surface area contributed by atoms with Gasteiger partial charge in [0.1, 0.15) is 5.82 Å². The predicted molar refractivity (Wildman–Crippen MR) is 82.8 cm³/mol. The molecule has 0 aliphatic carbocycles. The minimum Gasteiger partial charge on any atom is -0.345 e. The summed E-state index contributed by atoms with van der Waals surface area (Å²) in [7, 11) is 0. The quantitative estimate of drug-likeness (QED) is 0.840. The maximum Gasteiger partial charge on any atom is 0.225 e. The van der Waals surface area contributed by atoms with Crippen molar-refractivity contribution in [2.75, 3.05) is 5.88 Å². The van der Waals surface area contributed by atoms with Gasteiger partial charge in [-0.25, -0.2) is 4.39 Å². The van der Waals surface area contributed by atoms with E-state index in [9.17, 15) is 9.18 Å². The van der Waals surface area contributed by atoms with Gasteiger partial charge >= 0.3 is 0 Å². The first-order chi connectivity index (χ1) is 10.0. The van der Waals surface area contributed by atoms with Crippen molar-refractivity contribution in [3.8, 4) is 0 Å². The molecule has 1 amide bonds. The van der Waals surface area contributed by atoms with Crippen molar-refractivity contribution < 1.29 is 9.18 Å². The van der Waals surface area contributed by atoms with Gasteiger partial charge < -0.3 is 5.32 Å². The van der Waals surface area contributed by atoms with Crippen LogP contribution < -0.4 is 5.32 Å². The molecule has 1 N–H and O–H groups in total. The third kappa shape index (κ3) is 3.82. The molecule has 0 aliphatic rings. The molecule has 0 aliphatic heterocycles. The van der Waals surface area contributed by atoms with Crippen LogP contribution in [0, 0.1) is 5.82 Å². The third-order valence-corrected chi connectivity index (χ3v) is 3.94. The highest BCUT2D eigenvalue weighted by Gasteiger charge is 2.27. The van der Waals surface area contributed by atoms with E-state index in [1.54, 1.807) is 18.2 Å². The summed E-state index contributed by atoms with van der Waals surface area (Å²) in [6.07, 6.45) is -0.00795. The van der Waals surface area contributed by atoms with Crippen LogP contribution in [0.5, 0.6) is 0 Å². The number of amides is 1. The average molecular weight is 306 g/mol. The molecule has 110 valence electrons. The molecule has 0 heterocycles. The number of carbonyl (C=O) groups excluding carboxylic acids is 1. The molecule has 4 heteroatoms. The molecule has 1 atom stereocenters. The Morgan fingerprint density at radius 2 is 1.76 bits per heavy atom. The Labute approximate surface area is 128 Å². The SMILES string of the molecule is CC(CCl)(NC(=O)Cc1ccccc1F)c1ccccc1. The summed E-state index contributed by atoms with van der Waals surface area (Å²) in [5.74, 6) is -0.396. The summed E-state index contributed by atoms with van der Waals surface area (Å²) in [5, 5.41) is 2.90. The van der Waals surface area contributed by atoms with E-state index < -0.39 is 5.54 Å². The van der Waals surface area contributed by atoms with Crippen LogP contribution in [-0.2, 0) is 16.8 Å². The molecule has 2 nitrogen and oxygen atoms in total. The molecule has 21 heavy (non-hydrogen) atoms. The van der Waals surface area contributed by atoms with Gasteiger partial charge in [0.15, 0.2) is 0 Å². The maximum absolute atomic E-state index is 13.6. The second kappa shape index (κ2) is 6.72. The fourth-order valence-corrected chi connectivity index (χ4v) is 2.38. The van der Waals surface area contributed by atoms with E-state index in [1.807, 2.05) is 37.3 Å². The van der Waals surface area contributed by atoms with E-state index in [1.165, 1.54) is 6.07 Å². The summed E-state index contributed by atoms with van der Waals surface area (Å²) in [4.78, 5) is 12.2. The lowest BCUT2D eigenvalue weighted by Gasteiger charge is -2.29. The van der Waals surface area contributed by atoms with Crippen LogP contribution in [0.25, 0.3) is 0 Å². The number of benzene rings is 2. The van der Waals surface area contributed by atoms with E-state index in [2.05, 4.69) is 5.32 Å². The molecule has 0 fully saturated rings. The van der Waals surface area contributed by atoms with Gasteiger partial charge in [0, 0.05) is 5.88 Å². The molecule has 0 bridgehead atoms. The second-order valence-corrected chi connectivity index (χ2v) is 5.42. The van der Waals surface area contributed by atoms with Crippen molar-refractivity contribution >= 4 is 17.5 Å². The smallest absolute Gasteiger partial charge is 0.225 e. The highest BCUT2D eigenvalue weighted by atomic mass is 35.5. The summed E-state index contributed by atoms with van der Waals surface area (Å²) >= 11 is 6.03. The summed E-state index contributed by atoms with van der Waals surface area (Å²) < 4.78 is 13.6. The van der Waals surface area contributed by atoms with Crippen molar-refractivity contribution in [3.63, 3.8) is 0 Å². The number of alkyl halides is 1. The zero-order valence-electron chi connectivity index (χ0n) is 11.8. The van der Waals surface area contributed by atoms with Crippen molar-refractivity contribution in [3.05, 3.63) is 71.5 Å². The van der Waals surface area contributed by atoms with Crippen LogP contribution in [0.15, 0.2) is 54.6 Å². The van der Waals surface area contributed by atoms with Crippen LogP contribution in [0.4, 0.5) is 4.39 Å². The van der Waals surface area contributed by atoms with Gasteiger partial charge in [0.05, 0.1) is 12.0 Å². The van der Waals surface area contributed by atoms with E-state index in [0.29, 0.717) is 5.56 Å². The maximum atomic E-state index is 13.6. The van der Waals surface area contributed by atoms with Crippen LogP contribution in [0.3, 0.4) is 0 Å². The zero-order chi connectivity index (χ0) is 15.3.